The summed E-state index contributed by atoms with van der Waals surface area (Å²) in [5, 5.41) is 1.07. The van der Waals surface area contributed by atoms with Crippen molar-refractivity contribution in [1.82, 2.24) is 9.88 Å². The lowest BCUT2D eigenvalue weighted by molar-refractivity contribution is 0.0780. The summed E-state index contributed by atoms with van der Waals surface area (Å²) in [5.41, 5.74) is 6.75. The van der Waals surface area contributed by atoms with E-state index in [-0.39, 0.29) is 36.1 Å². The van der Waals surface area contributed by atoms with Crippen molar-refractivity contribution in [2.45, 2.75) is 40.0 Å². The van der Waals surface area contributed by atoms with Crippen LogP contribution >= 0.6 is 36.2 Å². The van der Waals surface area contributed by atoms with Gasteiger partial charge in [-0.15, -0.1) is 36.2 Å². The second-order valence-corrected chi connectivity index (χ2v) is 6.85. The quantitative estimate of drug-likeness (QED) is 0.904. The Labute approximate surface area is 143 Å². The molecule has 4 nitrogen and oxygen atoms in total. The summed E-state index contributed by atoms with van der Waals surface area (Å²) in [6, 6.07) is 0. The van der Waals surface area contributed by atoms with Crippen LogP contribution in [0, 0.1) is 12.3 Å². The Bertz CT molecular complexity index is 481. The second-order valence-electron chi connectivity index (χ2n) is 5.76. The lowest BCUT2D eigenvalue weighted by atomic mass is 9.90. The van der Waals surface area contributed by atoms with Crippen LogP contribution in [0.15, 0.2) is 0 Å². The minimum atomic E-state index is 0. The van der Waals surface area contributed by atoms with Crippen molar-refractivity contribution >= 4 is 42.1 Å². The highest BCUT2D eigenvalue weighted by molar-refractivity contribution is 7.13. The molecule has 1 aliphatic rings. The summed E-state index contributed by atoms with van der Waals surface area (Å²) in [4.78, 5) is 19.8. The number of carbonyl (C=O) groups excluding carboxylic acids is 1. The van der Waals surface area contributed by atoms with Gasteiger partial charge in [-0.2, -0.15) is 0 Å². The predicted molar refractivity (Wildman–Crippen MR) is 93.0 cm³/mol. The van der Waals surface area contributed by atoms with Crippen LogP contribution in [-0.4, -0.2) is 35.4 Å². The molecule has 2 N–H and O–H groups in total. The molecule has 2 heterocycles. The number of nitrogens with two attached hydrogens (primary N) is 1. The van der Waals surface area contributed by atoms with Gasteiger partial charge in [-0.1, -0.05) is 13.8 Å². The van der Waals surface area contributed by atoms with E-state index in [0.29, 0.717) is 6.54 Å². The van der Waals surface area contributed by atoms with Gasteiger partial charge in [0.2, 0.25) is 0 Å². The fraction of sp³-hybridized carbons (Fsp3) is 0.714. The van der Waals surface area contributed by atoms with E-state index in [1.54, 1.807) is 11.3 Å². The van der Waals surface area contributed by atoms with E-state index in [9.17, 15) is 4.79 Å². The van der Waals surface area contributed by atoms with E-state index in [4.69, 9.17) is 5.73 Å². The van der Waals surface area contributed by atoms with Crippen molar-refractivity contribution in [2.75, 3.05) is 19.6 Å². The van der Waals surface area contributed by atoms with Crippen molar-refractivity contribution in [3.05, 3.63) is 15.6 Å². The van der Waals surface area contributed by atoms with Crippen molar-refractivity contribution in [2.24, 2.45) is 11.1 Å². The number of likely N-dealkylation sites (tertiary alicyclic amines) is 1. The van der Waals surface area contributed by atoms with Gasteiger partial charge >= 0.3 is 0 Å². The minimum absolute atomic E-state index is 0. The number of carbonyl (C=O) groups is 1. The second kappa shape index (κ2) is 8.32. The standard InChI is InChI=1S/C14H23N3OS.2ClH/c1-4-5-11-16-10(2)12(19-11)13(18)17-7-6-14(3,8-15)9-17;;/h4-9,15H2,1-3H3;2*1H. The van der Waals surface area contributed by atoms with Gasteiger partial charge in [0.1, 0.15) is 4.88 Å². The van der Waals surface area contributed by atoms with Crippen LogP contribution in [0.5, 0.6) is 0 Å². The summed E-state index contributed by atoms with van der Waals surface area (Å²) in [6.07, 6.45) is 3.02. The molecule has 21 heavy (non-hydrogen) atoms. The number of aromatic nitrogens is 1. The molecule has 0 aromatic carbocycles. The molecule has 2 rings (SSSR count). The maximum absolute atomic E-state index is 12.5. The maximum atomic E-state index is 12.5. The highest BCUT2D eigenvalue weighted by Crippen LogP contribution is 2.31. The van der Waals surface area contributed by atoms with Gasteiger partial charge in [0, 0.05) is 13.1 Å². The smallest absolute Gasteiger partial charge is 0.265 e. The molecule has 0 radical (unpaired) electrons. The van der Waals surface area contributed by atoms with Gasteiger partial charge in [0.05, 0.1) is 10.7 Å². The van der Waals surface area contributed by atoms with Gasteiger partial charge in [-0.05, 0) is 38.1 Å². The first kappa shape index (κ1) is 20.6. The molecule has 0 aliphatic carbocycles. The molecule has 1 amide bonds. The number of hydrogen-bond donors (Lipinski definition) is 1. The lowest BCUT2D eigenvalue weighted by Gasteiger charge is -2.22. The molecule has 0 spiro atoms. The zero-order chi connectivity index (χ0) is 14.0. The summed E-state index contributed by atoms with van der Waals surface area (Å²) >= 11 is 1.55. The first-order chi connectivity index (χ1) is 8.99. The molecule has 0 bridgehead atoms. The number of hydrogen-bond acceptors (Lipinski definition) is 4. The zero-order valence-corrected chi connectivity index (χ0v) is 15.3. The van der Waals surface area contributed by atoms with Crippen LogP contribution in [0.25, 0.3) is 0 Å². The largest absolute Gasteiger partial charge is 0.337 e. The van der Waals surface area contributed by atoms with E-state index in [2.05, 4.69) is 18.8 Å². The zero-order valence-electron chi connectivity index (χ0n) is 12.8. The number of rotatable bonds is 4. The molecule has 1 aromatic heterocycles. The Morgan fingerprint density at radius 1 is 1.48 bits per heavy atom. The highest BCUT2D eigenvalue weighted by atomic mass is 35.5. The van der Waals surface area contributed by atoms with E-state index in [1.807, 2.05) is 11.8 Å². The SMILES string of the molecule is CCCc1nc(C)c(C(=O)N2CCC(C)(CN)C2)s1.Cl.Cl. The first-order valence-corrected chi connectivity index (χ1v) is 7.76. The number of nitrogens with zero attached hydrogens (tertiary/aromatic N) is 2. The average molecular weight is 354 g/mol. The minimum Gasteiger partial charge on any atom is -0.337 e. The van der Waals surface area contributed by atoms with Gasteiger partial charge < -0.3 is 10.6 Å². The topological polar surface area (TPSA) is 59.2 Å². The van der Waals surface area contributed by atoms with Gasteiger partial charge in [-0.25, -0.2) is 4.98 Å². The third-order valence-electron chi connectivity index (χ3n) is 3.84. The summed E-state index contributed by atoms with van der Waals surface area (Å²) in [5.74, 6) is 0.134. The van der Waals surface area contributed by atoms with Gasteiger partial charge in [0.25, 0.3) is 5.91 Å². The first-order valence-electron chi connectivity index (χ1n) is 6.95. The van der Waals surface area contributed by atoms with Crippen LogP contribution in [-0.2, 0) is 6.42 Å². The lowest BCUT2D eigenvalue weighted by Crippen LogP contribution is -2.34. The Morgan fingerprint density at radius 2 is 2.14 bits per heavy atom. The normalized spacial score (nSPS) is 20.9. The Balaban J connectivity index is 0.00000200. The molecule has 1 saturated heterocycles. The molecular weight excluding hydrogens is 329 g/mol. The maximum Gasteiger partial charge on any atom is 0.265 e. The average Bonchev–Trinajstić information content (AvgIpc) is 2.94. The van der Waals surface area contributed by atoms with Crippen molar-refractivity contribution in [3.63, 3.8) is 0 Å². The summed E-state index contributed by atoms with van der Waals surface area (Å²) in [6.45, 7) is 8.43. The van der Waals surface area contributed by atoms with Crippen molar-refractivity contribution in [1.29, 1.82) is 0 Å². The van der Waals surface area contributed by atoms with E-state index in [1.165, 1.54) is 0 Å². The molecule has 122 valence electrons. The Kier molecular flexibility index (Phi) is 8.18. The van der Waals surface area contributed by atoms with E-state index < -0.39 is 0 Å². The van der Waals surface area contributed by atoms with Crippen LogP contribution in [0.2, 0.25) is 0 Å². The fourth-order valence-electron chi connectivity index (χ4n) is 2.48. The molecule has 1 atom stereocenters. The van der Waals surface area contributed by atoms with E-state index >= 15 is 0 Å². The van der Waals surface area contributed by atoms with Gasteiger partial charge in [-0.3, -0.25) is 4.79 Å². The number of amides is 1. The number of halogens is 2. The van der Waals surface area contributed by atoms with Crippen LogP contribution in [0.3, 0.4) is 0 Å². The monoisotopic (exact) mass is 353 g/mol. The van der Waals surface area contributed by atoms with Crippen LogP contribution in [0.4, 0.5) is 0 Å². The molecule has 0 saturated carbocycles. The van der Waals surface area contributed by atoms with Crippen molar-refractivity contribution < 1.29 is 4.79 Å². The predicted octanol–water partition coefficient (Wildman–Crippen LogP) is 3.06. The number of thiazole rings is 1. The Morgan fingerprint density at radius 3 is 2.67 bits per heavy atom. The molecular formula is C14H25Cl2N3OS. The van der Waals surface area contributed by atoms with Crippen molar-refractivity contribution in [3.8, 4) is 0 Å². The fourth-order valence-corrected chi connectivity index (χ4v) is 3.61. The van der Waals surface area contributed by atoms with Crippen LogP contribution in [0.1, 0.15) is 47.1 Å². The molecule has 1 unspecified atom stereocenters. The third kappa shape index (κ3) is 4.55. The highest BCUT2D eigenvalue weighted by Gasteiger charge is 2.36. The summed E-state index contributed by atoms with van der Waals surface area (Å²) in [7, 11) is 0. The molecule has 1 aliphatic heterocycles. The Hall–Kier alpha value is -0.360. The number of aryl methyl sites for hydroxylation is 2. The van der Waals surface area contributed by atoms with Crippen LogP contribution < -0.4 is 5.73 Å². The third-order valence-corrected chi connectivity index (χ3v) is 5.04. The molecule has 1 fully saturated rings. The van der Waals surface area contributed by atoms with E-state index in [0.717, 1.165) is 47.9 Å². The summed E-state index contributed by atoms with van der Waals surface area (Å²) < 4.78 is 0. The van der Waals surface area contributed by atoms with Gasteiger partial charge in [0.15, 0.2) is 0 Å². The molecule has 7 heteroatoms. The molecule has 1 aromatic rings.